The molecule has 1 atom stereocenters. The minimum absolute atomic E-state index is 0.0742. The average molecular weight is 456 g/mol. The number of carbonyl (C=O) groups excluding carboxylic acids is 2. The summed E-state index contributed by atoms with van der Waals surface area (Å²) in [5, 5.41) is 2.97. The Hall–Kier alpha value is -2.82. The molecule has 30 heavy (non-hydrogen) atoms. The van der Waals surface area contributed by atoms with Gasteiger partial charge in [-0.25, -0.2) is 8.42 Å². The normalized spacial score (nSPS) is 12.1. The number of rotatable bonds is 10. The zero-order chi connectivity index (χ0) is 22.3. The summed E-state index contributed by atoms with van der Waals surface area (Å²) in [6.45, 7) is 0. The molecule has 0 radical (unpaired) electrons. The number of hydrogen-bond acceptors (Lipinski definition) is 6. The number of amides is 2. The summed E-state index contributed by atoms with van der Waals surface area (Å²) in [5.41, 5.74) is 5.52. The monoisotopic (exact) mass is 455 g/mol. The van der Waals surface area contributed by atoms with E-state index in [0.717, 1.165) is 0 Å². The van der Waals surface area contributed by atoms with E-state index in [4.69, 9.17) is 26.8 Å². The molecule has 0 fully saturated rings. The molecule has 2 amide bonds. The molecule has 0 heterocycles. The number of anilines is 1. The smallest absolute Gasteiger partial charge is 0.242 e. The quantitative estimate of drug-likeness (QED) is 0.500. The Morgan fingerprint density at radius 3 is 2.27 bits per heavy atom. The number of carbonyl (C=O) groups is 2. The molecule has 162 valence electrons. The molecule has 0 spiro atoms. The van der Waals surface area contributed by atoms with Crippen LogP contribution < -0.4 is 25.2 Å². The summed E-state index contributed by atoms with van der Waals surface area (Å²) in [5.74, 6) is -0.486. The van der Waals surface area contributed by atoms with E-state index in [9.17, 15) is 18.0 Å². The van der Waals surface area contributed by atoms with Gasteiger partial charge in [0.05, 0.1) is 19.1 Å². The molecule has 4 N–H and O–H groups in total. The second-order valence-electron chi connectivity index (χ2n) is 6.19. The predicted octanol–water partition coefficient (Wildman–Crippen LogP) is 1.91. The van der Waals surface area contributed by atoms with Crippen LogP contribution in [0.3, 0.4) is 0 Å². The van der Waals surface area contributed by atoms with Crippen molar-refractivity contribution < 1.29 is 27.5 Å². The maximum absolute atomic E-state index is 12.8. The lowest BCUT2D eigenvalue weighted by molar-refractivity contribution is -0.119. The third kappa shape index (κ3) is 6.34. The molecule has 0 bridgehead atoms. The number of nitrogens with one attached hydrogen (secondary N) is 2. The highest BCUT2D eigenvalue weighted by atomic mass is 35.5. The standard InChI is InChI=1S/C19H22ClN3O6S/c1-28-16-9-5-13(11-17(16)29-2)22-19(25)15(8-10-18(21)24)23-30(26,27)14-6-3-12(20)4-7-14/h3-7,9,11,15,23H,8,10H2,1-2H3,(H2,21,24)(H,22,25)/t15-/m1/s1. The van der Waals surface area contributed by atoms with Crippen molar-refractivity contribution in [1.29, 1.82) is 0 Å². The van der Waals surface area contributed by atoms with E-state index in [-0.39, 0.29) is 17.7 Å². The van der Waals surface area contributed by atoms with Gasteiger partial charge in [-0.05, 0) is 42.8 Å². The van der Waals surface area contributed by atoms with Gasteiger partial charge < -0.3 is 20.5 Å². The Morgan fingerprint density at radius 2 is 1.70 bits per heavy atom. The van der Waals surface area contributed by atoms with Gasteiger partial charge in [-0.2, -0.15) is 4.72 Å². The van der Waals surface area contributed by atoms with Crippen LogP contribution in [-0.4, -0.2) is 40.5 Å². The van der Waals surface area contributed by atoms with E-state index in [1.807, 2.05) is 0 Å². The fraction of sp³-hybridized carbons (Fsp3) is 0.263. The van der Waals surface area contributed by atoms with Gasteiger partial charge in [-0.3, -0.25) is 9.59 Å². The number of sulfonamides is 1. The van der Waals surface area contributed by atoms with Crippen LogP contribution in [-0.2, 0) is 19.6 Å². The molecule has 9 nitrogen and oxygen atoms in total. The van der Waals surface area contributed by atoms with Crippen LogP contribution in [0.25, 0.3) is 0 Å². The first-order valence-corrected chi connectivity index (χ1v) is 10.6. The lowest BCUT2D eigenvalue weighted by Crippen LogP contribution is -2.44. The number of halogens is 1. The predicted molar refractivity (Wildman–Crippen MR) is 112 cm³/mol. The second-order valence-corrected chi connectivity index (χ2v) is 8.34. The van der Waals surface area contributed by atoms with Crippen LogP contribution in [0.1, 0.15) is 12.8 Å². The van der Waals surface area contributed by atoms with Gasteiger partial charge in [0.15, 0.2) is 11.5 Å². The van der Waals surface area contributed by atoms with E-state index >= 15 is 0 Å². The highest BCUT2D eigenvalue weighted by molar-refractivity contribution is 7.89. The lowest BCUT2D eigenvalue weighted by Gasteiger charge is -2.19. The van der Waals surface area contributed by atoms with Gasteiger partial charge in [0.2, 0.25) is 21.8 Å². The SMILES string of the molecule is COc1ccc(NC(=O)[C@@H](CCC(N)=O)NS(=O)(=O)c2ccc(Cl)cc2)cc1OC. The van der Waals surface area contributed by atoms with Gasteiger partial charge in [-0.15, -0.1) is 0 Å². The van der Waals surface area contributed by atoms with Crippen molar-refractivity contribution in [1.82, 2.24) is 4.72 Å². The first kappa shape index (κ1) is 23.5. The van der Waals surface area contributed by atoms with Crippen molar-refractivity contribution in [2.75, 3.05) is 19.5 Å². The Labute approximate surface area is 179 Å². The summed E-state index contributed by atoms with van der Waals surface area (Å²) >= 11 is 5.79. The van der Waals surface area contributed by atoms with Crippen LogP contribution in [0.4, 0.5) is 5.69 Å². The first-order valence-electron chi connectivity index (χ1n) is 8.75. The molecule has 2 rings (SSSR count). The van der Waals surface area contributed by atoms with E-state index in [1.54, 1.807) is 12.1 Å². The Morgan fingerprint density at radius 1 is 1.07 bits per heavy atom. The third-order valence-corrected chi connectivity index (χ3v) is 5.81. The Kier molecular flexibility index (Phi) is 8.04. The molecule has 0 aliphatic rings. The number of benzene rings is 2. The molecule has 11 heteroatoms. The number of hydrogen-bond donors (Lipinski definition) is 3. The van der Waals surface area contributed by atoms with Crippen LogP contribution >= 0.6 is 11.6 Å². The zero-order valence-corrected chi connectivity index (χ0v) is 17.9. The third-order valence-electron chi connectivity index (χ3n) is 4.07. The molecule has 0 aromatic heterocycles. The minimum Gasteiger partial charge on any atom is -0.493 e. The van der Waals surface area contributed by atoms with Crippen LogP contribution in [0.2, 0.25) is 5.02 Å². The molecule has 0 aliphatic heterocycles. The van der Waals surface area contributed by atoms with E-state index in [0.29, 0.717) is 22.2 Å². The molecule has 0 aliphatic carbocycles. The van der Waals surface area contributed by atoms with Crippen molar-refractivity contribution in [2.24, 2.45) is 5.73 Å². The van der Waals surface area contributed by atoms with E-state index in [2.05, 4.69) is 10.0 Å². The first-order chi connectivity index (χ1) is 14.2. The Bertz CT molecular complexity index is 1010. The van der Waals surface area contributed by atoms with Crippen LogP contribution in [0, 0.1) is 0 Å². The molecule has 0 saturated heterocycles. The van der Waals surface area contributed by atoms with Crippen molar-refractivity contribution in [3.8, 4) is 11.5 Å². The number of primary amides is 1. The molecular formula is C19H22ClN3O6S. The maximum Gasteiger partial charge on any atom is 0.242 e. The largest absolute Gasteiger partial charge is 0.493 e. The van der Waals surface area contributed by atoms with Gasteiger partial charge in [0.1, 0.15) is 6.04 Å². The van der Waals surface area contributed by atoms with Gasteiger partial charge in [-0.1, -0.05) is 11.6 Å². The minimum atomic E-state index is -4.05. The molecule has 2 aromatic carbocycles. The van der Waals surface area contributed by atoms with Gasteiger partial charge >= 0.3 is 0 Å². The summed E-state index contributed by atoms with van der Waals surface area (Å²) in [7, 11) is -1.13. The summed E-state index contributed by atoms with van der Waals surface area (Å²) < 4.78 is 37.9. The average Bonchev–Trinajstić information content (AvgIpc) is 2.71. The zero-order valence-electron chi connectivity index (χ0n) is 16.3. The fourth-order valence-electron chi connectivity index (χ4n) is 2.54. The molecule has 2 aromatic rings. The van der Waals surface area contributed by atoms with Crippen molar-refractivity contribution in [3.63, 3.8) is 0 Å². The topological polar surface area (TPSA) is 137 Å². The Balaban J connectivity index is 2.24. The summed E-state index contributed by atoms with van der Waals surface area (Å²) in [4.78, 5) is 23.9. The summed E-state index contributed by atoms with van der Waals surface area (Å²) in [6.07, 6.45) is -0.311. The second kappa shape index (κ2) is 10.3. The summed E-state index contributed by atoms with van der Waals surface area (Å²) in [6, 6.07) is 8.88. The number of methoxy groups -OCH3 is 2. The molecular weight excluding hydrogens is 434 g/mol. The number of ether oxygens (including phenoxy) is 2. The van der Waals surface area contributed by atoms with Gasteiger partial charge in [0, 0.05) is 23.2 Å². The van der Waals surface area contributed by atoms with E-state index in [1.165, 1.54) is 44.6 Å². The number of nitrogens with two attached hydrogens (primary N) is 1. The lowest BCUT2D eigenvalue weighted by atomic mass is 10.1. The fourth-order valence-corrected chi connectivity index (χ4v) is 3.90. The highest BCUT2D eigenvalue weighted by Gasteiger charge is 2.26. The molecule has 0 unspecified atom stereocenters. The van der Waals surface area contributed by atoms with Crippen molar-refractivity contribution >= 4 is 39.1 Å². The highest BCUT2D eigenvalue weighted by Crippen LogP contribution is 2.29. The molecule has 0 saturated carbocycles. The van der Waals surface area contributed by atoms with Crippen molar-refractivity contribution in [3.05, 3.63) is 47.5 Å². The van der Waals surface area contributed by atoms with Gasteiger partial charge in [0.25, 0.3) is 0 Å². The van der Waals surface area contributed by atoms with E-state index < -0.39 is 27.9 Å². The van der Waals surface area contributed by atoms with Crippen molar-refractivity contribution in [2.45, 2.75) is 23.8 Å². The van der Waals surface area contributed by atoms with Crippen LogP contribution in [0.5, 0.6) is 11.5 Å². The van der Waals surface area contributed by atoms with Crippen LogP contribution in [0.15, 0.2) is 47.4 Å². The maximum atomic E-state index is 12.8.